The molecule has 0 radical (unpaired) electrons. The van der Waals surface area contributed by atoms with Gasteiger partial charge in [-0.15, -0.1) is 0 Å². The van der Waals surface area contributed by atoms with Crippen LogP contribution in [0.5, 0.6) is 0 Å². The molecule has 1 fully saturated rings. The van der Waals surface area contributed by atoms with Crippen molar-refractivity contribution in [3.63, 3.8) is 0 Å². The highest BCUT2D eigenvalue weighted by atomic mass is 16.1. The predicted molar refractivity (Wildman–Crippen MR) is 90.2 cm³/mol. The standard InChI is InChI=1S/C18H36N2O/c1-2-3-4-5-6-7-8-9-10-14-17(21)18(20)15-12-11-13-16(18)19/h16H,2-15,19-20H2,1H3. The Labute approximate surface area is 131 Å². The highest BCUT2D eigenvalue weighted by molar-refractivity contribution is 5.89. The fraction of sp³-hybridized carbons (Fsp3) is 0.944. The first-order valence-electron chi connectivity index (χ1n) is 9.19. The third-order valence-electron chi connectivity index (χ3n) is 5.04. The fourth-order valence-corrected chi connectivity index (χ4v) is 3.40. The van der Waals surface area contributed by atoms with Crippen molar-refractivity contribution in [2.75, 3.05) is 0 Å². The molecule has 3 nitrogen and oxygen atoms in total. The molecule has 4 N–H and O–H groups in total. The van der Waals surface area contributed by atoms with E-state index in [0.717, 1.165) is 38.5 Å². The predicted octanol–water partition coefficient (Wildman–Crippen LogP) is 4.08. The van der Waals surface area contributed by atoms with E-state index in [1.54, 1.807) is 0 Å². The van der Waals surface area contributed by atoms with Gasteiger partial charge in [-0.05, 0) is 19.3 Å². The summed E-state index contributed by atoms with van der Waals surface area (Å²) in [5.74, 6) is 0.206. The summed E-state index contributed by atoms with van der Waals surface area (Å²) in [5, 5.41) is 0. The molecule has 1 aliphatic rings. The normalized spacial score (nSPS) is 26.0. The van der Waals surface area contributed by atoms with E-state index in [2.05, 4.69) is 6.92 Å². The number of unbranched alkanes of at least 4 members (excludes halogenated alkanes) is 8. The van der Waals surface area contributed by atoms with Crippen LogP contribution in [0.4, 0.5) is 0 Å². The lowest BCUT2D eigenvalue weighted by Crippen LogP contribution is -2.62. The maximum absolute atomic E-state index is 12.3. The van der Waals surface area contributed by atoms with Crippen molar-refractivity contribution in [2.45, 2.75) is 108 Å². The summed E-state index contributed by atoms with van der Waals surface area (Å²) < 4.78 is 0. The highest BCUT2D eigenvalue weighted by Crippen LogP contribution is 2.27. The summed E-state index contributed by atoms with van der Waals surface area (Å²) in [4.78, 5) is 12.3. The Morgan fingerprint density at radius 3 is 2.14 bits per heavy atom. The van der Waals surface area contributed by atoms with Gasteiger partial charge in [-0.1, -0.05) is 71.1 Å². The fourth-order valence-electron chi connectivity index (χ4n) is 3.40. The second kappa shape index (κ2) is 10.3. The van der Waals surface area contributed by atoms with E-state index in [4.69, 9.17) is 11.5 Å². The lowest BCUT2D eigenvalue weighted by molar-refractivity contribution is -0.126. The molecule has 124 valence electrons. The molecular formula is C18H36N2O. The Balaban J connectivity index is 2.05. The summed E-state index contributed by atoms with van der Waals surface area (Å²) in [6, 6.07) is -0.127. The number of nitrogens with two attached hydrogens (primary N) is 2. The molecule has 0 bridgehead atoms. The Hall–Kier alpha value is -0.410. The minimum Gasteiger partial charge on any atom is -0.326 e. The largest absolute Gasteiger partial charge is 0.326 e. The van der Waals surface area contributed by atoms with Crippen molar-refractivity contribution < 1.29 is 4.79 Å². The lowest BCUT2D eigenvalue weighted by Gasteiger charge is -2.37. The lowest BCUT2D eigenvalue weighted by atomic mass is 9.74. The number of ketones is 1. The van der Waals surface area contributed by atoms with Gasteiger partial charge >= 0.3 is 0 Å². The molecule has 0 spiro atoms. The van der Waals surface area contributed by atoms with Gasteiger partial charge in [0.05, 0.1) is 5.54 Å². The van der Waals surface area contributed by atoms with Gasteiger partial charge in [-0.3, -0.25) is 4.79 Å². The van der Waals surface area contributed by atoms with Gasteiger partial charge in [0.15, 0.2) is 5.78 Å². The average Bonchev–Trinajstić information content (AvgIpc) is 2.48. The summed E-state index contributed by atoms with van der Waals surface area (Å²) in [7, 11) is 0. The molecule has 2 unspecified atom stereocenters. The van der Waals surface area contributed by atoms with Gasteiger partial charge in [0.2, 0.25) is 0 Å². The van der Waals surface area contributed by atoms with E-state index in [-0.39, 0.29) is 11.8 Å². The third kappa shape index (κ3) is 6.48. The smallest absolute Gasteiger partial charge is 0.154 e. The van der Waals surface area contributed by atoms with Crippen LogP contribution >= 0.6 is 0 Å². The minimum atomic E-state index is -0.724. The first kappa shape index (κ1) is 18.6. The van der Waals surface area contributed by atoms with Gasteiger partial charge in [0, 0.05) is 12.5 Å². The minimum absolute atomic E-state index is 0.127. The molecular weight excluding hydrogens is 260 g/mol. The number of rotatable bonds is 11. The van der Waals surface area contributed by atoms with Crippen LogP contribution in [0.25, 0.3) is 0 Å². The quantitative estimate of drug-likeness (QED) is 0.565. The van der Waals surface area contributed by atoms with E-state index >= 15 is 0 Å². The summed E-state index contributed by atoms with van der Waals surface area (Å²) in [5.41, 5.74) is 11.6. The van der Waals surface area contributed by atoms with Crippen LogP contribution in [0.15, 0.2) is 0 Å². The van der Waals surface area contributed by atoms with Crippen molar-refractivity contribution in [2.24, 2.45) is 11.5 Å². The molecule has 1 aliphatic carbocycles. The number of hydrogen-bond donors (Lipinski definition) is 2. The molecule has 2 atom stereocenters. The van der Waals surface area contributed by atoms with Gasteiger partial charge < -0.3 is 11.5 Å². The summed E-state index contributed by atoms with van der Waals surface area (Å²) in [6.07, 6.45) is 16.0. The number of Topliss-reactive ketones (excluding diaryl/α,β-unsaturated/α-hetero) is 1. The van der Waals surface area contributed by atoms with E-state index < -0.39 is 5.54 Å². The third-order valence-corrected chi connectivity index (χ3v) is 5.04. The molecule has 1 saturated carbocycles. The zero-order valence-electron chi connectivity index (χ0n) is 14.0. The molecule has 3 heteroatoms. The Kier molecular flexibility index (Phi) is 9.18. The van der Waals surface area contributed by atoms with Crippen molar-refractivity contribution in [3.05, 3.63) is 0 Å². The maximum atomic E-state index is 12.3. The molecule has 0 aromatic carbocycles. The molecule has 0 saturated heterocycles. The van der Waals surface area contributed by atoms with Gasteiger partial charge in [-0.2, -0.15) is 0 Å². The SMILES string of the molecule is CCCCCCCCCCCC(=O)C1(N)CCCCC1N. The van der Waals surface area contributed by atoms with Crippen LogP contribution in [-0.2, 0) is 4.79 Å². The van der Waals surface area contributed by atoms with Gasteiger partial charge in [-0.25, -0.2) is 0 Å². The van der Waals surface area contributed by atoms with Gasteiger partial charge in [0.25, 0.3) is 0 Å². The Bertz CT molecular complexity index is 293. The Morgan fingerprint density at radius 2 is 1.57 bits per heavy atom. The van der Waals surface area contributed by atoms with Gasteiger partial charge in [0.1, 0.15) is 0 Å². The van der Waals surface area contributed by atoms with Crippen LogP contribution in [-0.4, -0.2) is 17.4 Å². The van der Waals surface area contributed by atoms with E-state index in [1.807, 2.05) is 0 Å². The number of carbonyl (C=O) groups excluding carboxylic acids is 1. The van der Waals surface area contributed by atoms with Crippen LogP contribution in [0.3, 0.4) is 0 Å². The van der Waals surface area contributed by atoms with Crippen LogP contribution < -0.4 is 11.5 Å². The first-order valence-corrected chi connectivity index (χ1v) is 9.19. The average molecular weight is 296 g/mol. The summed E-state index contributed by atoms with van der Waals surface area (Å²) in [6.45, 7) is 2.25. The topological polar surface area (TPSA) is 69.1 Å². The molecule has 1 rings (SSSR count). The zero-order chi connectivity index (χ0) is 15.6. The first-order chi connectivity index (χ1) is 10.1. The maximum Gasteiger partial charge on any atom is 0.154 e. The zero-order valence-corrected chi connectivity index (χ0v) is 14.0. The summed E-state index contributed by atoms with van der Waals surface area (Å²) >= 11 is 0. The molecule has 21 heavy (non-hydrogen) atoms. The molecule has 0 aliphatic heterocycles. The van der Waals surface area contributed by atoms with Crippen LogP contribution in [0.1, 0.15) is 96.8 Å². The number of carbonyl (C=O) groups is 1. The van der Waals surface area contributed by atoms with Crippen LogP contribution in [0.2, 0.25) is 0 Å². The molecule has 0 amide bonds. The second-order valence-corrected chi connectivity index (χ2v) is 6.89. The number of hydrogen-bond acceptors (Lipinski definition) is 3. The molecule has 0 heterocycles. The van der Waals surface area contributed by atoms with E-state index in [0.29, 0.717) is 6.42 Å². The Morgan fingerprint density at radius 1 is 1.00 bits per heavy atom. The van der Waals surface area contributed by atoms with Crippen LogP contribution in [0, 0.1) is 0 Å². The monoisotopic (exact) mass is 296 g/mol. The van der Waals surface area contributed by atoms with E-state index in [1.165, 1.54) is 44.9 Å². The molecule has 0 aromatic rings. The van der Waals surface area contributed by atoms with Crippen molar-refractivity contribution in [3.8, 4) is 0 Å². The second-order valence-electron chi connectivity index (χ2n) is 6.89. The highest BCUT2D eigenvalue weighted by Gasteiger charge is 2.40. The van der Waals surface area contributed by atoms with Crippen molar-refractivity contribution >= 4 is 5.78 Å². The van der Waals surface area contributed by atoms with Crippen molar-refractivity contribution in [1.29, 1.82) is 0 Å². The van der Waals surface area contributed by atoms with E-state index in [9.17, 15) is 4.79 Å². The molecule has 0 aromatic heterocycles. The van der Waals surface area contributed by atoms with Crippen molar-refractivity contribution in [1.82, 2.24) is 0 Å².